The van der Waals surface area contributed by atoms with Crippen LogP contribution in [0, 0.1) is 13.8 Å². The van der Waals surface area contributed by atoms with Crippen LogP contribution >= 0.6 is 0 Å². The topological polar surface area (TPSA) is 104 Å². The Kier molecular flexibility index (Phi) is 5.22. The van der Waals surface area contributed by atoms with Crippen molar-refractivity contribution in [3.63, 3.8) is 0 Å². The number of fused-ring (bicyclic) bond motifs is 1. The first kappa shape index (κ1) is 18.7. The molecule has 2 heterocycles. The summed E-state index contributed by atoms with van der Waals surface area (Å²) in [7, 11) is -3.21. The van der Waals surface area contributed by atoms with Crippen molar-refractivity contribution in [2.75, 3.05) is 11.1 Å². The Morgan fingerprint density at radius 3 is 2.77 bits per heavy atom. The van der Waals surface area contributed by atoms with E-state index in [0.717, 1.165) is 16.8 Å². The van der Waals surface area contributed by atoms with Crippen molar-refractivity contribution in [3.05, 3.63) is 29.3 Å². The molecule has 0 aliphatic carbocycles. The lowest BCUT2D eigenvalue weighted by Crippen LogP contribution is -2.39. The van der Waals surface area contributed by atoms with E-state index in [2.05, 4.69) is 16.0 Å². The van der Waals surface area contributed by atoms with E-state index in [9.17, 15) is 18.0 Å². The number of carbonyl (C=O) groups excluding carboxylic acids is 2. The van der Waals surface area contributed by atoms with E-state index in [1.807, 2.05) is 32.0 Å². The third-order valence-corrected chi connectivity index (χ3v) is 7.41. The average molecular weight is 379 g/mol. The van der Waals surface area contributed by atoms with Gasteiger partial charge in [0.1, 0.15) is 0 Å². The number of unbranched alkanes of at least 4 members (excludes halogenated alkanes) is 1. The van der Waals surface area contributed by atoms with Crippen LogP contribution < -0.4 is 16.0 Å². The van der Waals surface area contributed by atoms with Crippen LogP contribution in [-0.4, -0.2) is 43.4 Å². The minimum atomic E-state index is -3.21. The summed E-state index contributed by atoms with van der Waals surface area (Å²) in [6.45, 7) is 3.92. The number of urea groups is 1. The Bertz CT molecular complexity index is 822. The number of carbonyl (C=O) groups is 2. The first-order valence-corrected chi connectivity index (χ1v) is 10.6. The van der Waals surface area contributed by atoms with E-state index in [-0.39, 0.29) is 29.8 Å². The van der Waals surface area contributed by atoms with Gasteiger partial charge in [-0.05, 0) is 43.9 Å². The highest BCUT2D eigenvalue weighted by Crippen LogP contribution is 2.28. The molecule has 3 amide bonds. The molecule has 0 radical (unpaired) electrons. The molecule has 7 nitrogen and oxygen atoms in total. The summed E-state index contributed by atoms with van der Waals surface area (Å²) in [6.07, 6.45) is 2.05. The van der Waals surface area contributed by atoms with Crippen LogP contribution in [0.4, 0.5) is 10.5 Å². The van der Waals surface area contributed by atoms with Gasteiger partial charge in [0.2, 0.25) is 5.91 Å². The SMILES string of the molecule is Cc1ccc(C)c(NC(=O)CCCC[C@@H]2[C@H]3NC(=O)N[C@@H]3CS2(=O)=O)c1. The second kappa shape index (κ2) is 7.26. The number of nitrogens with one attached hydrogen (secondary N) is 3. The summed E-state index contributed by atoms with van der Waals surface area (Å²) >= 11 is 0. The fraction of sp³-hybridized carbons (Fsp3) is 0.556. The highest BCUT2D eigenvalue weighted by atomic mass is 32.2. The van der Waals surface area contributed by atoms with Gasteiger partial charge < -0.3 is 16.0 Å². The van der Waals surface area contributed by atoms with Gasteiger partial charge in [-0.15, -0.1) is 0 Å². The van der Waals surface area contributed by atoms with Gasteiger partial charge in [0.15, 0.2) is 9.84 Å². The molecular weight excluding hydrogens is 354 g/mol. The van der Waals surface area contributed by atoms with Crippen LogP contribution in [0.2, 0.25) is 0 Å². The molecule has 2 saturated heterocycles. The molecule has 3 N–H and O–H groups in total. The molecule has 2 aliphatic heterocycles. The fourth-order valence-corrected chi connectivity index (χ4v) is 5.99. The van der Waals surface area contributed by atoms with Crippen molar-refractivity contribution >= 4 is 27.5 Å². The second-order valence-corrected chi connectivity index (χ2v) is 9.49. The zero-order chi connectivity index (χ0) is 18.9. The van der Waals surface area contributed by atoms with Crippen molar-refractivity contribution in [1.82, 2.24) is 10.6 Å². The molecule has 3 rings (SSSR count). The molecule has 0 bridgehead atoms. The molecule has 1 aromatic rings. The number of aryl methyl sites for hydroxylation is 2. The molecule has 1 aromatic carbocycles. The minimum Gasteiger partial charge on any atom is -0.332 e. The normalized spacial score (nSPS) is 26.1. The molecule has 0 spiro atoms. The summed E-state index contributed by atoms with van der Waals surface area (Å²) in [5, 5.41) is 7.71. The van der Waals surface area contributed by atoms with Gasteiger partial charge in [-0.3, -0.25) is 4.79 Å². The number of hydrogen-bond donors (Lipinski definition) is 3. The van der Waals surface area contributed by atoms with E-state index < -0.39 is 15.1 Å². The Balaban J connectivity index is 1.47. The molecule has 0 aromatic heterocycles. The number of hydrogen-bond acceptors (Lipinski definition) is 4. The lowest BCUT2D eigenvalue weighted by Gasteiger charge is -2.16. The van der Waals surface area contributed by atoms with Crippen LogP contribution in [0.15, 0.2) is 18.2 Å². The summed E-state index contributed by atoms with van der Waals surface area (Å²) in [5.74, 6) is -0.0736. The first-order chi connectivity index (χ1) is 12.3. The number of sulfone groups is 1. The van der Waals surface area contributed by atoms with Crippen molar-refractivity contribution in [1.29, 1.82) is 0 Å². The van der Waals surface area contributed by atoms with E-state index in [4.69, 9.17) is 0 Å². The highest BCUT2D eigenvalue weighted by Gasteiger charge is 2.51. The van der Waals surface area contributed by atoms with Gasteiger partial charge in [0, 0.05) is 12.1 Å². The maximum Gasteiger partial charge on any atom is 0.315 e. The van der Waals surface area contributed by atoms with Crippen molar-refractivity contribution < 1.29 is 18.0 Å². The van der Waals surface area contributed by atoms with Crippen LogP contribution in [0.5, 0.6) is 0 Å². The molecule has 0 saturated carbocycles. The molecule has 142 valence electrons. The van der Waals surface area contributed by atoms with E-state index >= 15 is 0 Å². The van der Waals surface area contributed by atoms with Gasteiger partial charge >= 0.3 is 6.03 Å². The minimum absolute atomic E-state index is 0.00576. The summed E-state index contributed by atoms with van der Waals surface area (Å²) in [4.78, 5) is 23.5. The van der Waals surface area contributed by atoms with Crippen LogP contribution in [0.25, 0.3) is 0 Å². The third-order valence-electron chi connectivity index (χ3n) is 5.13. The largest absolute Gasteiger partial charge is 0.332 e. The molecular formula is C18H25N3O4S. The molecule has 3 atom stereocenters. The lowest BCUT2D eigenvalue weighted by atomic mass is 10.0. The lowest BCUT2D eigenvalue weighted by molar-refractivity contribution is -0.116. The predicted molar refractivity (Wildman–Crippen MR) is 99.8 cm³/mol. The highest BCUT2D eigenvalue weighted by molar-refractivity contribution is 7.92. The van der Waals surface area contributed by atoms with Gasteiger partial charge in [-0.2, -0.15) is 0 Å². The maximum absolute atomic E-state index is 12.3. The number of benzene rings is 1. The Morgan fingerprint density at radius 2 is 2.00 bits per heavy atom. The van der Waals surface area contributed by atoms with E-state index in [1.54, 1.807) is 0 Å². The van der Waals surface area contributed by atoms with E-state index in [0.29, 0.717) is 25.7 Å². The van der Waals surface area contributed by atoms with E-state index in [1.165, 1.54) is 0 Å². The third kappa shape index (κ3) is 4.00. The molecule has 2 aliphatic rings. The first-order valence-electron chi connectivity index (χ1n) is 8.92. The molecule has 26 heavy (non-hydrogen) atoms. The molecule has 2 fully saturated rings. The van der Waals surface area contributed by atoms with Gasteiger partial charge in [0.05, 0.1) is 23.1 Å². The predicted octanol–water partition coefficient (Wildman–Crippen LogP) is 1.65. The Hall–Kier alpha value is -2.09. The smallest absolute Gasteiger partial charge is 0.315 e. The Labute approximate surface area is 153 Å². The number of rotatable bonds is 6. The van der Waals surface area contributed by atoms with Crippen molar-refractivity contribution in [2.24, 2.45) is 0 Å². The monoisotopic (exact) mass is 379 g/mol. The summed E-state index contributed by atoms with van der Waals surface area (Å²) in [6, 6.07) is 4.93. The average Bonchev–Trinajstić information content (AvgIpc) is 2.99. The summed E-state index contributed by atoms with van der Waals surface area (Å²) in [5.41, 5.74) is 2.91. The number of anilines is 1. The van der Waals surface area contributed by atoms with Crippen LogP contribution in [-0.2, 0) is 14.6 Å². The fourth-order valence-electron chi connectivity index (χ4n) is 3.72. The van der Waals surface area contributed by atoms with Crippen LogP contribution in [0.3, 0.4) is 0 Å². The summed E-state index contributed by atoms with van der Waals surface area (Å²) < 4.78 is 24.5. The second-order valence-electron chi connectivity index (χ2n) is 7.23. The molecule has 0 unspecified atom stereocenters. The van der Waals surface area contributed by atoms with Crippen molar-refractivity contribution in [2.45, 2.75) is 56.9 Å². The van der Waals surface area contributed by atoms with Gasteiger partial charge in [-0.25, -0.2) is 13.2 Å². The zero-order valence-electron chi connectivity index (χ0n) is 15.0. The van der Waals surface area contributed by atoms with Crippen molar-refractivity contribution in [3.8, 4) is 0 Å². The Morgan fingerprint density at radius 1 is 1.23 bits per heavy atom. The van der Waals surface area contributed by atoms with Gasteiger partial charge in [-0.1, -0.05) is 18.6 Å². The maximum atomic E-state index is 12.3. The standard InChI is InChI=1S/C18H25N3O4S/c1-11-7-8-12(2)13(9-11)19-16(22)6-4-3-5-15-17-14(10-26(15,24)25)20-18(23)21-17/h7-9,14-15,17H,3-6,10H2,1-2H3,(H,19,22)(H2,20,21,23)/t14-,15-,17+/m1/s1. The van der Waals surface area contributed by atoms with Gasteiger partial charge in [0.25, 0.3) is 0 Å². The zero-order valence-corrected chi connectivity index (χ0v) is 15.9. The quantitative estimate of drug-likeness (QED) is 0.516. The molecule has 8 heteroatoms. The number of amides is 3. The van der Waals surface area contributed by atoms with Crippen LogP contribution in [0.1, 0.15) is 36.8 Å².